The third kappa shape index (κ3) is 3.41. The number of halogens is 1. The van der Waals surface area contributed by atoms with Crippen LogP contribution in [-0.4, -0.2) is 32.7 Å². The molecule has 1 unspecified atom stereocenters. The summed E-state index contributed by atoms with van der Waals surface area (Å²) in [5, 5.41) is 13.4. The van der Waals surface area contributed by atoms with Gasteiger partial charge in [-0.25, -0.2) is 4.39 Å². The summed E-state index contributed by atoms with van der Waals surface area (Å²) in [5.74, 6) is 1.63. The van der Waals surface area contributed by atoms with E-state index in [1.807, 2.05) is 28.7 Å². The molecule has 0 N–H and O–H groups in total. The molecule has 3 rings (SSSR count). The molecule has 1 saturated heterocycles. The Kier molecular flexibility index (Phi) is 4.99. The van der Waals surface area contributed by atoms with E-state index in [-0.39, 0.29) is 11.6 Å². The van der Waals surface area contributed by atoms with Crippen molar-refractivity contribution in [1.29, 1.82) is 5.26 Å². The lowest BCUT2D eigenvalue weighted by molar-refractivity contribution is 0.209. The normalized spacial score (nSPS) is 18.7. The van der Waals surface area contributed by atoms with Gasteiger partial charge in [0.25, 0.3) is 0 Å². The number of rotatable bonds is 4. The molecule has 1 atom stereocenters. The van der Waals surface area contributed by atoms with E-state index in [9.17, 15) is 4.39 Å². The van der Waals surface area contributed by atoms with Crippen molar-refractivity contribution in [1.82, 2.24) is 14.7 Å². The van der Waals surface area contributed by atoms with Gasteiger partial charge in [-0.1, -0.05) is 12.1 Å². The van der Waals surface area contributed by atoms with Crippen molar-refractivity contribution in [2.75, 3.05) is 18.1 Å². The zero-order chi connectivity index (χ0) is 16.2. The van der Waals surface area contributed by atoms with E-state index < -0.39 is 5.82 Å². The Morgan fingerprint density at radius 2 is 2.35 bits per heavy atom. The largest absolute Gasteiger partial charge is 0.290 e. The fraction of sp³-hybridized carbons (Fsp3) is 0.412. The van der Waals surface area contributed by atoms with E-state index in [1.165, 1.54) is 11.6 Å². The zero-order valence-corrected chi connectivity index (χ0v) is 13.9. The number of aromatic nitrogens is 2. The molecule has 0 saturated carbocycles. The van der Waals surface area contributed by atoms with Gasteiger partial charge in [0.05, 0.1) is 11.8 Å². The van der Waals surface area contributed by atoms with Crippen LogP contribution >= 0.6 is 11.8 Å². The molecule has 1 aliphatic rings. The average Bonchev–Trinajstić information content (AvgIpc) is 3.06. The molecule has 0 aliphatic carbocycles. The van der Waals surface area contributed by atoms with Gasteiger partial charge in [-0.3, -0.25) is 9.58 Å². The van der Waals surface area contributed by atoms with Crippen molar-refractivity contribution in [2.24, 2.45) is 0 Å². The van der Waals surface area contributed by atoms with Crippen LogP contribution in [0.4, 0.5) is 4.39 Å². The van der Waals surface area contributed by atoms with Crippen LogP contribution in [0.1, 0.15) is 29.7 Å². The van der Waals surface area contributed by atoms with Crippen molar-refractivity contribution >= 4 is 11.8 Å². The van der Waals surface area contributed by atoms with Crippen LogP contribution in [0.3, 0.4) is 0 Å². The maximum absolute atomic E-state index is 14.3. The van der Waals surface area contributed by atoms with Crippen LogP contribution in [0.5, 0.6) is 0 Å². The lowest BCUT2D eigenvalue weighted by Crippen LogP contribution is -2.35. The Morgan fingerprint density at radius 1 is 1.48 bits per heavy atom. The average molecular weight is 330 g/mol. The van der Waals surface area contributed by atoms with Crippen LogP contribution in [0, 0.1) is 17.1 Å². The Morgan fingerprint density at radius 3 is 3.09 bits per heavy atom. The first kappa shape index (κ1) is 16.0. The summed E-state index contributed by atoms with van der Waals surface area (Å²) >= 11 is 1.92. The number of benzene rings is 1. The van der Waals surface area contributed by atoms with Gasteiger partial charge in [0.15, 0.2) is 0 Å². The van der Waals surface area contributed by atoms with E-state index in [4.69, 9.17) is 5.26 Å². The summed E-state index contributed by atoms with van der Waals surface area (Å²) < 4.78 is 16.3. The minimum atomic E-state index is -0.392. The Labute approximate surface area is 139 Å². The van der Waals surface area contributed by atoms with Gasteiger partial charge in [-0.15, -0.1) is 0 Å². The molecule has 1 fully saturated rings. The maximum Gasteiger partial charge on any atom is 0.145 e. The minimum Gasteiger partial charge on any atom is -0.290 e. The molecule has 0 radical (unpaired) electrons. The second-order valence-corrected chi connectivity index (χ2v) is 6.73. The lowest BCUT2D eigenvalue weighted by Gasteiger charge is -2.35. The molecule has 0 spiro atoms. The van der Waals surface area contributed by atoms with Gasteiger partial charge in [0.2, 0.25) is 0 Å². The molecule has 120 valence electrons. The summed E-state index contributed by atoms with van der Waals surface area (Å²) in [6.45, 7) is 4.33. The molecular formula is C17H19FN4S. The van der Waals surface area contributed by atoms with E-state index in [1.54, 1.807) is 12.1 Å². The summed E-state index contributed by atoms with van der Waals surface area (Å²) in [6, 6.07) is 7.19. The number of thioether (sulfide) groups is 1. The molecule has 23 heavy (non-hydrogen) atoms. The quantitative estimate of drug-likeness (QED) is 0.863. The van der Waals surface area contributed by atoms with Crippen molar-refractivity contribution in [3.63, 3.8) is 0 Å². The van der Waals surface area contributed by atoms with E-state index in [0.29, 0.717) is 12.1 Å². The standard InChI is InChI=1S/C17H19FN4S/c1-2-22-11-15(9-20-22)16-12-23-7-6-21(16)10-14-5-3-4-13(8-19)17(14)18/h3-5,9,11,16H,2,6-7,10,12H2,1H3. The van der Waals surface area contributed by atoms with Gasteiger partial charge in [0.1, 0.15) is 11.9 Å². The second-order valence-electron chi connectivity index (χ2n) is 5.58. The molecule has 0 amide bonds. The van der Waals surface area contributed by atoms with Crippen LogP contribution in [0.15, 0.2) is 30.6 Å². The highest BCUT2D eigenvalue weighted by Crippen LogP contribution is 2.31. The second kappa shape index (κ2) is 7.16. The predicted octanol–water partition coefficient (Wildman–Crippen LogP) is 3.20. The number of nitriles is 1. The van der Waals surface area contributed by atoms with Crippen molar-refractivity contribution in [3.05, 3.63) is 53.1 Å². The van der Waals surface area contributed by atoms with Crippen molar-refractivity contribution in [2.45, 2.75) is 26.1 Å². The molecule has 1 aliphatic heterocycles. The molecule has 1 aromatic heterocycles. The summed E-state index contributed by atoms with van der Waals surface area (Å²) in [7, 11) is 0. The van der Waals surface area contributed by atoms with Crippen LogP contribution in [-0.2, 0) is 13.1 Å². The van der Waals surface area contributed by atoms with Crippen molar-refractivity contribution in [3.8, 4) is 6.07 Å². The topological polar surface area (TPSA) is 44.9 Å². The smallest absolute Gasteiger partial charge is 0.145 e. The summed E-state index contributed by atoms with van der Waals surface area (Å²) in [4.78, 5) is 2.28. The lowest BCUT2D eigenvalue weighted by atomic mass is 10.1. The van der Waals surface area contributed by atoms with Gasteiger partial charge in [-0.2, -0.15) is 22.1 Å². The summed E-state index contributed by atoms with van der Waals surface area (Å²) in [6.07, 6.45) is 3.99. The molecule has 4 nitrogen and oxygen atoms in total. The third-order valence-corrected chi connectivity index (χ3v) is 5.20. The molecule has 0 bridgehead atoms. The number of hydrogen-bond acceptors (Lipinski definition) is 4. The first-order valence-corrected chi connectivity index (χ1v) is 8.90. The molecular weight excluding hydrogens is 311 g/mol. The van der Waals surface area contributed by atoms with E-state index in [2.05, 4.69) is 23.1 Å². The molecule has 2 heterocycles. The SMILES string of the molecule is CCn1cc(C2CSCCN2Cc2cccc(C#N)c2F)cn1. The van der Waals surface area contributed by atoms with Crippen LogP contribution < -0.4 is 0 Å². The minimum absolute atomic E-state index is 0.115. The fourth-order valence-corrected chi connectivity index (χ4v) is 4.02. The van der Waals surface area contributed by atoms with Gasteiger partial charge in [0, 0.05) is 54.5 Å². The fourth-order valence-electron chi connectivity index (χ4n) is 2.87. The van der Waals surface area contributed by atoms with Gasteiger partial charge < -0.3 is 0 Å². The van der Waals surface area contributed by atoms with Crippen molar-refractivity contribution < 1.29 is 4.39 Å². The highest BCUT2D eigenvalue weighted by molar-refractivity contribution is 7.99. The van der Waals surface area contributed by atoms with E-state index >= 15 is 0 Å². The predicted molar refractivity (Wildman–Crippen MR) is 89.5 cm³/mol. The molecule has 1 aromatic carbocycles. The highest BCUT2D eigenvalue weighted by Gasteiger charge is 2.26. The Hall–Kier alpha value is -1.84. The van der Waals surface area contributed by atoms with Gasteiger partial charge >= 0.3 is 0 Å². The third-order valence-electron chi connectivity index (χ3n) is 4.17. The van der Waals surface area contributed by atoms with Crippen LogP contribution in [0.25, 0.3) is 0 Å². The molecule has 2 aromatic rings. The maximum atomic E-state index is 14.3. The number of nitrogens with zero attached hydrogens (tertiary/aromatic N) is 4. The van der Waals surface area contributed by atoms with Crippen LogP contribution in [0.2, 0.25) is 0 Å². The highest BCUT2D eigenvalue weighted by atomic mass is 32.2. The number of aryl methyl sites for hydroxylation is 1. The van der Waals surface area contributed by atoms with E-state index in [0.717, 1.165) is 24.6 Å². The summed E-state index contributed by atoms with van der Waals surface area (Å²) in [5.41, 5.74) is 1.88. The first-order valence-electron chi connectivity index (χ1n) is 7.74. The molecule has 6 heteroatoms. The zero-order valence-electron chi connectivity index (χ0n) is 13.1. The van der Waals surface area contributed by atoms with Gasteiger partial charge in [-0.05, 0) is 13.0 Å². The monoisotopic (exact) mass is 330 g/mol. The first-order chi connectivity index (χ1) is 11.2. The number of hydrogen-bond donors (Lipinski definition) is 0. The Bertz CT molecular complexity index is 722. The Balaban J connectivity index is 1.83.